The number of likely N-dealkylation sites (tertiary alicyclic amines) is 1. The fourth-order valence-electron chi connectivity index (χ4n) is 15.8. The molecule has 0 radical (unpaired) electrons. The lowest BCUT2D eigenvalue weighted by atomic mass is 9.81. The molecular weight excluding hydrogens is 1590 g/mol. The van der Waals surface area contributed by atoms with Crippen LogP contribution in [0.15, 0.2) is 131 Å². The maximum atomic E-state index is 14.0. The Hall–Kier alpha value is -8.50. The molecule has 5 N–H and O–H groups in total. The number of ketones is 1. The molecule has 1 aliphatic carbocycles. The van der Waals surface area contributed by atoms with E-state index >= 15 is 0 Å². The number of hydrogen-bond acceptors (Lipinski definition) is 20. The third kappa shape index (κ3) is 25.8. The molecule has 0 spiro atoms. The van der Waals surface area contributed by atoms with Crippen LogP contribution in [0.25, 0.3) is 0 Å². The van der Waals surface area contributed by atoms with Crippen LogP contribution in [-0.2, 0) is 120 Å². The van der Waals surface area contributed by atoms with Crippen LogP contribution < -0.4 is 20.3 Å². The van der Waals surface area contributed by atoms with E-state index in [0.29, 0.717) is 167 Å². The Morgan fingerprint density at radius 2 is 1.36 bits per heavy atom. The predicted octanol–water partition coefficient (Wildman–Crippen LogP) is 9.87. The smallest absolute Gasteiger partial charge is 0.294 e. The fourth-order valence-corrected chi connectivity index (χ4v) is 17.5. The lowest BCUT2D eigenvalue weighted by molar-refractivity contribution is -0.438. The summed E-state index contributed by atoms with van der Waals surface area (Å²) in [6.45, 7) is 15.1. The maximum Gasteiger partial charge on any atom is 0.294 e. The number of anilines is 1. The number of rotatable bonds is 46. The first-order chi connectivity index (χ1) is 56.1. The number of alkyl halides is 2. The lowest BCUT2D eigenvalue weighted by Gasteiger charge is -2.27. The fraction of sp³-hybridized carbons (Fsp3) is 0.541. The molecule has 5 heterocycles. The zero-order valence-corrected chi connectivity index (χ0v) is 70.2. The zero-order chi connectivity index (χ0) is 85.0. The molecule has 4 aromatic carbocycles. The Labute approximate surface area is 690 Å². The number of nitrogens with zero attached hydrogens (tertiary/aromatic N) is 5. The Morgan fingerprint density at radius 1 is 0.712 bits per heavy atom. The molecule has 4 aromatic rings. The predicted molar refractivity (Wildman–Crippen MR) is 435 cm³/mol. The Balaban J connectivity index is 0.600. The van der Waals surface area contributed by atoms with Crippen LogP contribution >= 0.6 is 0 Å². The summed E-state index contributed by atoms with van der Waals surface area (Å²) < 4.78 is 172. The van der Waals surface area contributed by atoms with Gasteiger partial charge >= 0.3 is 0 Å². The molecule has 0 unspecified atom stereocenters. The SMILES string of the molecule is Cc1ccc2c(c1)C(C)(C)C(=CC=C1CCCC(C=CC3=[N+](CCCCS(=O)(=O)O)c4ccc(S(=O)(=O)O)cc4C3(C)C)=C1Oc1ccc(CCC(=O)NCCOCCOCCOCCOCCOCCOCCC(=O)CCc3cccc4c3CN(C(=O)C[C@@H]3C[C@@H](C(=O)N5CC(F)(F)C[C@H]5C#N)NC3=O)C4)cc1)N2CCCCS(=O)(=O)O. The molecule has 2 saturated heterocycles. The third-order valence-corrected chi connectivity index (χ3v) is 24.6. The van der Waals surface area contributed by atoms with E-state index in [1.807, 2.05) is 80.0 Å². The van der Waals surface area contributed by atoms with Crippen LogP contribution in [0.5, 0.6) is 5.75 Å². The van der Waals surface area contributed by atoms with Gasteiger partial charge in [-0.25, -0.2) is 8.78 Å². The highest BCUT2D eigenvalue weighted by Gasteiger charge is 2.51. The second-order valence-electron chi connectivity index (χ2n) is 31.6. The van der Waals surface area contributed by atoms with Crippen molar-refractivity contribution in [2.75, 3.05) is 122 Å². The van der Waals surface area contributed by atoms with E-state index < -0.39 is 95.6 Å². The molecule has 28 nitrogen and oxygen atoms in total. The van der Waals surface area contributed by atoms with Crippen LogP contribution in [0.1, 0.15) is 150 Å². The number of halogens is 2. The van der Waals surface area contributed by atoms with Gasteiger partial charge in [0.2, 0.25) is 29.3 Å². The van der Waals surface area contributed by atoms with Crippen LogP contribution in [-0.4, -0.2) is 223 Å². The highest BCUT2D eigenvalue weighted by molar-refractivity contribution is 7.86. The molecular formula is C85H110F2N7O21S3+. The molecule has 0 saturated carbocycles. The van der Waals surface area contributed by atoms with Crippen molar-refractivity contribution in [2.24, 2.45) is 5.92 Å². The number of aryl methyl sites for hydroxylation is 3. The summed E-state index contributed by atoms with van der Waals surface area (Å²) in [5.74, 6) is -5.28. The number of Topliss-reactive ketones (excluding diaryl/α,β-unsaturated/α-hetero) is 1. The van der Waals surface area contributed by atoms with Gasteiger partial charge in [0.05, 0.1) is 114 Å². The highest BCUT2D eigenvalue weighted by Crippen LogP contribution is 2.49. The van der Waals surface area contributed by atoms with Gasteiger partial charge < -0.3 is 58.5 Å². The van der Waals surface area contributed by atoms with Crippen molar-refractivity contribution in [3.63, 3.8) is 0 Å². The number of unbranched alkanes of at least 4 members (excludes halogenated alkanes) is 2. The van der Waals surface area contributed by atoms with Crippen molar-refractivity contribution in [1.29, 1.82) is 5.26 Å². The molecule has 642 valence electrons. The first-order valence-electron chi connectivity index (χ1n) is 40.3. The van der Waals surface area contributed by atoms with E-state index in [-0.39, 0.29) is 79.8 Å². The molecule has 118 heavy (non-hydrogen) atoms. The summed E-state index contributed by atoms with van der Waals surface area (Å²) in [6, 6.07) is 23.4. The summed E-state index contributed by atoms with van der Waals surface area (Å²) in [5.41, 5.74) is 10.6. The first kappa shape index (κ1) is 91.8. The van der Waals surface area contributed by atoms with Crippen molar-refractivity contribution in [3.05, 3.63) is 165 Å². The molecule has 0 aromatic heterocycles. The first-order valence-corrected chi connectivity index (χ1v) is 44.9. The van der Waals surface area contributed by atoms with Gasteiger partial charge in [0.1, 0.15) is 35.9 Å². The molecule has 5 aliphatic heterocycles. The number of nitrogens with one attached hydrogen (secondary N) is 2. The number of hydrogen-bond donors (Lipinski definition) is 5. The number of nitriles is 1. The average Bonchev–Trinajstić information content (AvgIpc) is 1.59. The lowest BCUT2D eigenvalue weighted by Crippen LogP contribution is -2.46. The Morgan fingerprint density at radius 3 is 2.02 bits per heavy atom. The quantitative estimate of drug-likeness (QED) is 0.0156. The minimum Gasteiger partial charge on any atom is -0.457 e. The number of amides is 4. The number of ether oxygens (including phenoxy) is 7. The molecule has 6 aliphatic rings. The molecule has 33 heteroatoms. The number of fused-ring (bicyclic) bond motifs is 3. The van der Waals surface area contributed by atoms with Crippen LogP contribution in [0.4, 0.5) is 20.2 Å². The van der Waals surface area contributed by atoms with Gasteiger partial charge in [-0.15, -0.1) is 0 Å². The second kappa shape index (κ2) is 41.7. The van der Waals surface area contributed by atoms with E-state index in [1.165, 1.54) is 12.1 Å². The minimum absolute atomic E-state index is 0.0270. The van der Waals surface area contributed by atoms with Crippen molar-refractivity contribution >= 4 is 76.9 Å². The normalized spacial score (nSPS) is 19.5. The van der Waals surface area contributed by atoms with E-state index in [9.17, 15) is 76.9 Å². The van der Waals surface area contributed by atoms with Gasteiger partial charge in [0.15, 0.2) is 5.71 Å². The van der Waals surface area contributed by atoms with Gasteiger partial charge in [0, 0.05) is 105 Å². The third-order valence-electron chi connectivity index (χ3n) is 22.1. The molecule has 0 bridgehead atoms. The van der Waals surface area contributed by atoms with Gasteiger partial charge in [0.25, 0.3) is 36.3 Å². The second-order valence-corrected chi connectivity index (χ2v) is 36.2. The maximum absolute atomic E-state index is 14.0. The van der Waals surface area contributed by atoms with Crippen molar-refractivity contribution in [1.82, 2.24) is 20.4 Å². The van der Waals surface area contributed by atoms with Crippen molar-refractivity contribution in [2.45, 2.75) is 178 Å². The summed E-state index contributed by atoms with van der Waals surface area (Å²) in [7, 11) is -12.9. The van der Waals surface area contributed by atoms with Crippen LogP contribution in [0, 0.1) is 24.2 Å². The molecule has 3 atom stereocenters. The number of carbonyl (C=O) groups is 5. The van der Waals surface area contributed by atoms with Gasteiger partial charge in [-0.3, -0.25) is 37.6 Å². The summed E-state index contributed by atoms with van der Waals surface area (Å²) in [6.07, 6.45) is 12.2. The Bertz CT molecular complexity index is 4850. The number of benzene rings is 4. The minimum atomic E-state index is -4.56. The van der Waals surface area contributed by atoms with Gasteiger partial charge in [-0.2, -0.15) is 35.1 Å². The number of allylic oxidation sites excluding steroid dienone is 7. The van der Waals surface area contributed by atoms with Crippen molar-refractivity contribution in [3.8, 4) is 11.8 Å². The number of carbonyl (C=O) groups excluding carboxylic acids is 5. The van der Waals surface area contributed by atoms with Crippen molar-refractivity contribution < 1.29 is 109 Å². The largest absolute Gasteiger partial charge is 0.457 e. The van der Waals surface area contributed by atoms with Crippen LogP contribution in [0.2, 0.25) is 0 Å². The molecule has 2 fully saturated rings. The standard InChI is InChI=1S/C85H109F2N7O21S3/c1-59-16-27-74-71(50-59)83(2,3)76(92(74)34-6-8-48-116(100,101)102)29-21-62-13-11-14-63(22-30-77-84(4,5)72-53-69(118(106,107)108)26-28-75(72)93(77)35-7-9-49-117(103,104)105)80(62)115-68-24-17-60(18-25-68)19-31-78(96)89-33-37-110-39-41-112-43-45-114-47-46-113-44-42-111-40-38-109-36-32-67(95)23-20-61-12-10-15-64-56-91(57-70(61)64)79(97)52-65-51-73(90-81(65)98)82(99)94-58-85(86,87)54-66(94)55-88/h10,12,15-18,21-22,24-30,50,53,65-66,73H,6-9,11,13-14,19-20,23,31-49,51-52,54,56-58H2,1-5H3,(H4-,89,90,96,98,100,101,102,103,104,105,106,107,108)/p+1/t65-,66-,73-/m0/s1. The average molecular weight is 1700 g/mol. The van der Waals surface area contributed by atoms with E-state index in [1.54, 1.807) is 17.0 Å². The van der Waals surface area contributed by atoms with Gasteiger partial charge in [-0.05, 0) is 160 Å². The summed E-state index contributed by atoms with van der Waals surface area (Å²) >= 11 is 0. The summed E-state index contributed by atoms with van der Waals surface area (Å²) in [4.78, 5) is 69.5. The van der Waals surface area contributed by atoms with E-state index in [2.05, 4.69) is 59.7 Å². The van der Waals surface area contributed by atoms with E-state index in [0.717, 1.165) is 72.9 Å². The molecule has 10 rings (SSSR count). The summed E-state index contributed by atoms with van der Waals surface area (Å²) in [5, 5.41) is 14.8. The highest BCUT2D eigenvalue weighted by atomic mass is 32.2. The van der Waals surface area contributed by atoms with E-state index in [4.69, 9.17) is 33.2 Å². The van der Waals surface area contributed by atoms with Crippen LogP contribution in [0.3, 0.4) is 0 Å². The Kier molecular flexibility index (Phi) is 32.4. The monoisotopic (exact) mass is 1700 g/mol. The molecule has 4 amide bonds. The topological polar surface area (TPSA) is 374 Å². The zero-order valence-electron chi connectivity index (χ0n) is 67.7. The van der Waals surface area contributed by atoms with Gasteiger partial charge in [-0.1, -0.05) is 68.0 Å².